The molecule has 5 heteroatoms. The molecule has 0 aliphatic heterocycles. The third-order valence-corrected chi connectivity index (χ3v) is 3.64. The van der Waals surface area contributed by atoms with Gasteiger partial charge in [-0.1, -0.05) is 33.1 Å². The molecule has 1 aliphatic carbocycles. The van der Waals surface area contributed by atoms with Crippen LogP contribution in [0.25, 0.3) is 0 Å². The normalized spacial score (nSPS) is 17.9. The Kier molecular flexibility index (Phi) is 6.12. The smallest absolute Gasteiger partial charge is 0.331 e. The van der Waals surface area contributed by atoms with Gasteiger partial charge in [0.05, 0.1) is 7.11 Å². The van der Waals surface area contributed by atoms with Crippen LogP contribution >= 0.6 is 0 Å². The van der Waals surface area contributed by atoms with Gasteiger partial charge in [-0.3, -0.25) is 0 Å². The van der Waals surface area contributed by atoms with E-state index in [4.69, 9.17) is 4.74 Å². The molecule has 2 N–H and O–H groups in total. The molecule has 0 bridgehead atoms. The molecule has 1 fully saturated rings. The van der Waals surface area contributed by atoms with Gasteiger partial charge >= 0.3 is 12.0 Å². The standard InChI is InChI=1S/C14H26N2O3/c1-11(2)7-10-15-13(18)16-14(12(17)19-3)8-5-4-6-9-14/h11H,4-10H2,1-3H3,(H2,15,16,18). The van der Waals surface area contributed by atoms with Crippen LogP contribution in [0.3, 0.4) is 0 Å². The number of nitrogens with one attached hydrogen (secondary N) is 2. The van der Waals surface area contributed by atoms with Crippen molar-refractivity contribution in [1.82, 2.24) is 10.6 Å². The second kappa shape index (κ2) is 7.36. The van der Waals surface area contributed by atoms with Crippen molar-refractivity contribution < 1.29 is 14.3 Å². The van der Waals surface area contributed by atoms with Crippen LogP contribution in [-0.2, 0) is 9.53 Å². The SMILES string of the molecule is COC(=O)C1(NC(=O)NCCC(C)C)CCCCC1. The molecular weight excluding hydrogens is 244 g/mol. The van der Waals surface area contributed by atoms with Crippen LogP contribution < -0.4 is 10.6 Å². The Morgan fingerprint density at radius 3 is 2.37 bits per heavy atom. The van der Waals surface area contributed by atoms with Crippen LogP contribution in [0.4, 0.5) is 4.79 Å². The first-order valence-corrected chi connectivity index (χ1v) is 7.14. The summed E-state index contributed by atoms with van der Waals surface area (Å²) < 4.78 is 4.86. The van der Waals surface area contributed by atoms with Crippen LogP contribution in [0.5, 0.6) is 0 Å². The van der Waals surface area contributed by atoms with Crippen molar-refractivity contribution in [2.75, 3.05) is 13.7 Å². The first-order valence-electron chi connectivity index (χ1n) is 7.14. The second-order valence-electron chi connectivity index (χ2n) is 5.70. The summed E-state index contributed by atoms with van der Waals surface area (Å²) in [5, 5.41) is 5.64. The van der Waals surface area contributed by atoms with Crippen molar-refractivity contribution in [2.45, 2.75) is 57.9 Å². The van der Waals surface area contributed by atoms with Gasteiger partial charge in [-0.2, -0.15) is 0 Å². The molecule has 0 radical (unpaired) electrons. The van der Waals surface area contributed by atoms with Gasteiger partial charge in [0.2, 0.25) is 0 Å². The average Bonchev–Trinajstić information content (AvgIpc) is 2.38. The van der Waals surface area contributed by atoms with Gasteiger partial charge in [0.25, 0.3) is 0 Å². The van der Waals surface area contributed by atoms with Gasteiger partial charge in [0.15, 0.2) is 0 Å². The van der Waals surface area contributed by atoms with E-state index in [1.807, 2.05) is 0 Å². The van der Waals surface area contributed by atoms with Crippen LogP contribution in [-0.4, -0.2) is 31.2 Å². The summed E-state index contributed by atoms with van der Waals surface area (Å²) in [7, 11) is 1.37. The number of ether oxygens (including phenoxy) is 1. The number of methoxy groups -OCH3 is 1. The van der Waals surface area contributed by atoms with Crippen molar-refractivity contribution in [3.63, 3.8) is 0 Å². The number of amides is 2. The van der Waals surface area contributed by atoms with Gasteiger partial charge in [0, 0.05) is 6.54 Å². The highest BCUT2D eigenvalue weighted by atomic mass is 16.5. The van der Waals surface area contributed by atoms with E-state index in [9.17, 15) is 9.59 Å². The fourth-order valence-corrected chi connectivity index (χ4v) is 2.47. The Morgan fingerprint density at radius 1 is 1.21 bits per heavy atom. The monoisotopic (exact) mass is 270 g/mol. The van der Waals surface area contributed by atoms with Crippen molar-refractivity contribution in [3.8, 4) is 0 Å². The summed E-state index contributed by atoms with van der Waals surface area (Å²) in [5.41, 5.74) is -0.824. The molecule has 0 aromatic carbocycles. The molecule has 0 atom stereocenters. The number of esters is 1. The lowest BCUT2D eigenvalue weighted by atomic mass is 9.82. The predicted octanol–water partition coefficient (Wildman–Crippen LogP) is 2.21. The Balaban J connectivity index is 2.52. The topological polar surface area (TPSA) is 67.4 Å². The summed E-state index contributed by atoms with van der Waals surface area (Å²) in [5.74, 6) is 0.218. The van der Waals surface area contributed by atoms with E-state index in [0.29, 0.717) is 25.3 Å². The largest absolute Gasteiger partial charge is 0.467 e. The molecular formula is C14H26N2O3. The zero-order valence-electron chi connectivity index (χ0n) is 12.3. The van der Waals surface area contributed by atoms with Gasteiger partial charge in [-0.25, -0.2) is 9.59 Å². The van der Waals surface area contributed by atoms with Crippen LogP contribution in [0.2, 0.25) is 0 Å². The molecule has 19 heavy (non-hydrogen) atoms. The maximum atomic E-state index is 11.9. The van der Waals surface area contributed by atoms with E-state index in [-0.39, 0.29) is 12.0 Å². The third kappa shape index (κ3) is 4.73. The number of hydrogen-bond donors (Lipinski definition) is 2. The third-order valence-electron chi connectivity index (χ3n) is 3.64. The summed E-state index contributed by atoms with van der Waals surface area (Å²) in [6.45, 7) is 4.84. The van der Waals surface area contributed by atoms with E-state index < -0.39 is 5.54 Å². The average molecular weight is 270 g/mol. The minimum Gasteiger partial charge on any atom is -0.467 e. The van der Waals surface area contributed by atoms with Gasteiger partial charge in [-0.15, -0.1) is 0 Å². The van der Waals surface area contributed by atoms with Crippen LogP contribution in [0.15, 0.2) is 0 Å². The number of urea groups is 1. The lowest BCUT2D eigenvalue weighted by molar-refractivity contribution is -0.149. The van der Waals surface area contributed by atoms with Gasteiger partial charge in [0.1, 0.15) is 5.54 Å². The van der Waals surface area contributed by atoms with Crippen molar-refractivity contribution in [2.24, 2.45) is 5.92 Å². The van der Waals surface area contributed by atoms with E-state index in [2.05, 4.69) is 24.5 Å². The predicted molar refractivity (Wildman–Crippen MR) is 73.8 cm³/mol. The molecule has 0 saturated heterocycles. The zero-order valence-corrected chi connectivity index (χ0v) is 12.3. The minimum absolute atomic E-state index is 0.270. The lowest BCUT2D eigenvalue weighted by Crippen LogP contribution is -2.58. The van der Waals surface area contributed by atoms with Crippen LogP contribution in [0, 0.1) is 5.92 Å². The highest BCUT2D eigenvalue weighted by Gasteiger charge is 2.41. The molecule has 0 aromatic heterocycles. The summed E-state index contributed by atoms with van der Waals surface area (Å²) in [6.07, 6.45) is 5.26. The first kappa shape index (κ1) is 15.8. The van der Waals surface area contributed by atoms with E-state index in [0.717, 1.165) is 25.7 Å². The molecule has 1 saturated carbocycles. The van der Waals surface area contributed by atoms with E-state index >= 15 is 0 Å². The molecule has 5 nitrogen and oxygen atoms in total. The Bertz CT molecular complexity index is 310. The Labute approximate surface area is 115 Å². The maximum Gasteiger partial charge on any atom is 0.331 e. The molecule has 110 valence electrons. The van der Waals surface area contributed by atoms with Gasteiger partial charge in [-0.05, 0) is 25.2 Å². The summed E-state index contributed by atoms with van der Waals surface area (Å²) in [4.78, 5) is 23.8. The van der Waals surface area contributed by atoms with E-state index in [1.165, 1.54) is 7.11 Å². The Hall–Kier alpha value is -1.26. The second-order valence-corrected chi connectivity index (χ2v) is 5.70. The van der Waals surface area contributed by atoms with Crippen molar-refractivity contribution in [1.29, 1.82) is 0 Å². The fraction of sp³-hybridized carbons (Fsp3) is 0.857. The Morgan fingerprint density at radius 2 is 1.84 bits per heavy atom. The minimum atomic E-state index is -0.824. The van der Waals surface area contributed by atoms with Crippen molar-refractivity contribution in [3.05, 3.63) is 0 Å². The molecule has 1 rings (SSSR count). The molecule has 0 unspecified atom stereocenters. The number of rotatable bonds is 5. The molecule has 1 aliphatic rings. The molecule has 0 heterocycles. The lowest BCUT2D eigenvalue weighted by Gasteiger charge is -2.35. The van der Waals surface area contributed by atoms with Crippen molar-refractivity contribution >= 4 is 12.0 Å². The molecule has 0 spiro atoms. The summed E-state index contributed by atoms with van der Waals surface area (Å²) in [6, 6.07) is -0.270. The quantitative estimate of drug-likeness (QED) is 0.753. The van der Waals surface area contributed by atoms with Crippen LogP contribution in [0.1, 0.15) is 52.4 Å². The molecule has 0 aromatic rings. The summed E-state index contributed by atoms with van der Waals surface area (Å²) >= 11 is 0. The first-order chi connectivity index (χ1) is 9.00. The number of carbonyl (C=O) groups is 2. The highest BCUT2D eigenvalue weighted by Crippen LogP contribution is 2.29. The number of hydrogen-bond acceptors (Lipinski definition) is 3. The fourth-order valence-electron chi connectivity index (χ4n) is 2.47. The maximum absolute atomic E-state index is 11.9. The highest BCUT2D eigenvalue weighted by molar-refractivity contribution is 5.87. The van der Waals surface area contributed by atoms with E-state index in [1.54, 1.807) is 0 Å². The van der Waals surface area contributed by atoms with Gasteiger partial charge < -0.3 is 15.4 Å². The zero-order chi connectivity index (χ0) is 14.3. The number of carbonyl (C=O) groups excluding carboxylic acids is 2. The molecule has 2 amide bonds.